The van der Waals surface area contributed by atoms with Crippen LogP contribution in [0.2, 0.25) is 5.22 Å². The van der Waals surface area contributed by atoms with Crippen LogP contribution < -0.4 is 0 Å². The summed E-state index contributed by atoms with van der Waals surface area (Å²) >= 11 is 7.85. The van der Waals surface area contributed by atoms with Gasteiger partial charge in [0.2, 0.25) is 5.22 Å². The van der Waals surface area contributed by atoms with E-state index in [9.17, 15) is 4.79 Å². The van der Waals surface area contributed by atoms with Crippen molar-refractivity contribution >= 4 is 29.3 Å². The van der Waals surface area contributed by atoms with Crippen molar-refractivity contribution < 1.29 is 13.9 Å². The van der Waals surface area contributed by atoms with Gasteiger partial charge in [0, 0.05) is 24.9 Å². The zero-order valence-corrected chi connectivity index (χ0v) is 12.8. The molecule has 0 aromatic carbocycles. The zero-order chi connectivity index (χ0) is 13.9. The van der Waals surface area contributed by atoms with Gasteiger partial charge in [-0.15, -0.1) is 0 Å². The molecular weight excluding hydrogens is 298 g/mol. The van der Waals surface area contributed by atoms with Crippen molar-refractivity contribution in [3.05, 3.63) is 23.1 Å². The number of carbonyl (C=O) groups is 1. The average Bonchev–Trinajstić information content (AvgIpc) is 3.17. The highest BCUT2D eigenvalue weighted by Gasteiger charge is 2.32. The maximum Gasteiger partial charge on any atom is 0.259 e. The van der Waals surface area contributed by atoms with E-state index in [1.165, 1.54) is 6.26 Å². The summed E-state index contributed by atoms with van der Waals surface area (Å²) in [5.41, 5.74) is 0.460. The number of amides is 1. The summed E-state index contributed by atoms with van der Waals surface area (Å²) in [6.07, 6.45) is 4.78. The number of hydrogen-bond acceptors (Lipinski definition) is 4. The van der Waals surface area contributed by atoms with Crippen LogP contribution in [-0.2, 0) is 4.74 Å². The van der Waals surface area contributed by atoms with E-state index in [1.54, 1.807) is 6.07 Å². The Balaban J connectivity index is 1.76. The fraction of sp³-hybridized carbons (Fsp3) is 0.643. The van der Waals surface area contributed by atoms with Crippen LogP contribution in [-0.4, -0.2) is 47.6 Å². The molecule has 1 aromatic rings. The van der Waals surface area contributed by atoms with Crippen LogP contribution in [0.15, 0.2) is 16.7 Å². The molecule has 1 amide bonds. The molecule has 3 heterocycles. The minimum atomic E-state index is -0.0354. The fourth-order valence-electron chi connectivity index (χ4n) is 2.77. The largest absolute Gasteiger partial charge is 0.452 e. The molecule has 0 bridgehead atoms. The first-order valence-corrected chi connectivity index (χ1v) is 8.52. The van der Waals surface area contributed by atoms with E-state index in [-0.39, 0.29) is 23.3 Å². The molecule has 1 aromatic heterocycles. The fourth-order valence-corrected chi connectivity index (χ4v) is 4.19. The second kappa shape index (κ2) is 6.41. The number of halogens is 1. The Morgan fingerprint density at radius 3 is 3.00 bits per heavy atom. The first-order valence-electron chi connectivity index (χ1n) is 6.99. The van der Waals surface area contributed by atoms with Gasteiger partial charge in [-0.3, -0.25) is 4.79 Å². The minimum absolute atomic E-state index is 0.0354. The highest BCUT2D eigenvalue weighted by Crippen LogP contribution is 2.27. The Kier molecular flexibility index (Phi) is 4.58. The molecule has 20 heavy (non-hydrogen) atoms. The third-order valence-corrected chi connectivity index (χ3v) is 5.32. The van der Waals surface area contributed by atoms with Gasteiger partial charge in [-0.1, -0.05) is 0 Å². The highest BCUT2D eigenvalue weighted by atomic mass is 35.5. The molecule has 6 heteroatoms. The van der Waals surface area contributed by atoms with Crippen LogP contribution in [0, 0.1) is 0 Å². The van der Waals surface area contributed by atoms with E-state index in [0.717, 1.165) is 37.4 Å². The summed E-state index contributed by atoms with van der Waals surface area (Å²) in [7, 11) is 0. The van der Waals surface area contributed by atoms with Crippen molar-refractivity contribution in [2.75, 3.05) is 24.7 Å². The Morgan fingerprint density at radius 1 is 1.50 bits per heavy atom. The predicted octanol–water partition coefficient (Wildman–Crippen LogP) is 3.06. The van der Waals surface area contributed by atoms with Gasteiger partial charge >= 0.3 is 0 Å². The number of rotatable bonds is 4. The lowest BCUT2D eigenvalue weighted by molar-refractivity contribution is 0.0441. The van der Waals surface area contributed by atoms with Crippen molar-refractivity contribution in [1.82, 2.24) is 4.90 Å². The van der Waals surface area contributed by atoms with Gasteiger partial charge in [0.05, 0.1) is 17.9 Å². The number of thioether (sulfide) groups is 1. The van der Waals surface area contributed by atoms with Crippen LogP contribution in [0.1, 0.15) is 29.6 Å². The van der Waals surface area contributed by atoms with Crippen molar-refractivity contribution in [3.63, 3.8) is 0 Å². The van der Waals surface area contributed by atoms with E-state index >= 15 is 0 Å². The van der Waals surface area contributed by atoms with Crippen molar-refractivity contribution in [3.8, 4) is 0 Å². The third kappa shape index (κ3) is 3.00. The SMILES string of the molecule is O=C(c1ccoc1Cl)N(CC1CCCO1)C1CCSC1. The zero-order valence-electron chi connectivity index (χ0n) is 11.2. The molecule has 0 N–H and O–H groups in total. The molecule has 4 nitrogen and oxygen atoms in total. The number of nitrogens with zero attached hydrogens (tertiary/aromatic N) is 1. The molecular formula is C14H18ClNO3S. The summed E-state index contributed by atoms with van der Waals surface area (Å²) in [5, 5.41) is 0.179. The molecule has 0 saturated carbocycles. The second-order valence-electron chi connectivity index (χ2n) is 5.22. The van der Waals surface area contributed by atoms with Gasteiger partial charge in [0.25, 0.3) is 5.91 Å². The number of ether oxygens (including phenoxy) is 1. The van der Waals surface area contributed by atoms with E-state index in [0.29, 0.717) is 12.1 Å². The number of furan rings is 1. The molecule has 3 rings (SSSR count). The van der Waals surface area contributed by atoms with E-state index in [1.807, 2.05) is 16.7 Å². The van der Waals surface area contributed by atoms with Crippen molar-refractivity contribution in [2.24, 2.45) is 0 Å². The molecule has 2 atom stereocenters. The molecule has 0 radical (unpaired) electrons. The first kappa shape index (κ1) is 14.3. The van der Waals surface area contributed by atoms with Gasteiger partial charge in [0.1, 0.15) is 0 Å². The summed E-state index contributed by atoms with van der Waals surface area (Å²) in [6.45, 7) is 1.46. The summed E-state index contributed by atoms with van der Waals surface area (Å²) in [4.78, 5) is 14.7. The van der Waals surface area contributed by atoms with Gasteiger partial charge < -0.3 is 14.1 Å². The third-order valence-electron chi connectivity index (χ3n) is 3.88. The van der Waals surface area contributed by atoms with Crippen molar-refractivity contribution in [2.45, 2.75) is 31.4 Å². The lowest BCUT2D eigenvalue weighted by Crippen LogP contribution is -2.44. The summed E-state index contributed by atoms with van der Waals surface area (Å²) in [6, 6.07) is 1.93. The normalized spacial score (nSPS) is 26.1. The van der Waals surface area contributed by atoms with Crippen LogP contribution in [0.4, 0.5) is 0 Å². The summed E-state index contributed by atoms with van der Waals surface area (Å²) in [5.74, 6) is 2.07. The first-order chi connectivity index (χ1) is 9.75. The maximum absolute atomic E-state index is 12.7. The molecule has 0 aliphatic carbocycles. The monoisotopic (exact) mass is 315 g/mol. The van der Waals surface area contributed by atoms with E-state index in [2.05, 4.69) is 0 Å². The lowest BCUT2D eigenvalue weighted by Gasteiger charge is -2.30. The molecule has 2 unspecified atom stereocenters. The average molecular weight is 316 g/mol. The van der Waals surface area contributed by atoms with Crippen molar-refractivity contribution in [1.29, 1.82) is 0 Å². The number of carbonyl (C=O) groups excluding carboxylic acids is 1. The van der Waals surface area contributed by atoms with Gasteiger partial charge in [0.15, 0.2) is 0 Å². The minimum Gasteiger partial charge on any atom is -0.452 e. The van der Waals surface area contributed by atoms with Crippen LogP contribution in [0.3, 0.4) is 0 Å². The Morgan fingerprint density at radius 2 is 2.40 bits per heavy atom. The standard InChI is InChI=1S/C14H18ClNO3S/c15-13-12(3-6-19-13)14(17)16(10-4-7-20-9-10)8-11-2-1-5-18-11/h3,6,10-11H,1-2,4-5,7-9H2. The Hall–Kier alpha value is -0.650. The van der Waals surface area contributed by atoms with Gasteiger partial charge in [-0.25, -0.2) is 0 Å². The molecule has 2 saturated heterocycles. The highest BCUT2D eigenvalue weighted by molar-refractivity contribution is 7.99. The molecule has 110 valence electrons. The lowest BCUT2D eigenvalue weighted by atomic mass is 10.1. The van der Waals surface area contributed by atoms with Crippen LogP contribution in [0.25, 0.3) is 0 Å². The topological polar surface area (TPSA) is 42.7 Å². The second-order valence-corrected chi connectivity index (χ2v) is 6.71. The summed E-state index contributed by atoms with van der Waals surface area (Å²) < 4.78 is 10.7. The molecule has 2 aliphatic heterocycles. The Labute approximate surface area is 127 Å². The van der Waals surface area contributed by atoms with Gasteiger partial charge in [-0.05, 0) is 42.7 Å². The van der Waals surface area contributed by atoms with E-state index in [4.69, 9.17) is 20.8 Å². The Bertz CT molecular complexity index is 467. The predicted molar refractivity (Wildman–Crippen MR) is 79.5 cm³/mol. The van der Waals surface area contributed by atoms with Crippen LogP contribution >= 0.6 is 23.4 Å². The number of hydrogen-bond donors (Lipinski definition) is 0. The smallest absolute Gasteiger partial charge is 0.259 e. The molecule has 0 spiro atoms. The van der Waals surface area contributed by atoms with Crippen LogP contribution in [0.5, 0.6) is 0 Å². The maximum atomic E-state index is 12.7. The quantitative estimate of drug-likeness (QED) is 0.856. The molecule has 2 fully saturated rings. The van der Waals surface area contributed by atoms with Gasteiger partial charge in [-0.2, -0.15) is 11.8 Å². The van der Waals surface area contributed by atoms with E-state index < -0.39 is 0 Å². The molecule has 2 aliphatic rings.